The summed E-state index contributed by atoms with van der Waals surface area (Å²) in [5.74, 6) is -5.34. The zero-order valence-corrected chi connectivity index (χ0v) is 17.0. The molecule has 0 unspecified atom stereocenters. The number of amides is 4. The number of hydrogen-bond acceptors (Lipinski definition) is 7. The van der Waals surface area contributed by atoms with Gasteiger partial charge >= 0.3 is 5.97 Å². The molecule has 0 saturated carbocycles. The maximum atomic E-state index is 12.6. The van der Waals surface area contributed by atoms with Gasteiger partial charge in [-0.2, -0.15) is 0 Å². The second-order valence-corrected chi connectivity index (χ2v) is 7.31. The second kappa shape index (κ2) is 12.0. The van der Waals surface area contributed by atoms with Gasteiger partial charge in [0, 0.05) is 0 Å². The number of carboxylic acid groups (broad SMARTS) is 1. The summed E-state index contributed by atoms with van der Waals surface area (Å²) in [5, 5.41) is 24.7. The van der Waals surface area contributed by atoms with Gasteiger partial charge in [0.05, 0.1) is 19.1 Å². The molecule has 0 rings (SSSR count). The van der Waals surface area contributed by atoms with E-state index < -0.39 is 66.8 Å². The zero-order chi connectivity index (χ0) is 22.9. The van der Waals surface area contributed by atoms with Crippen LogP contribution in [0.25, 0.3) is 0 Å². The Morgan fingerprint density at radius 3 is 1.72 bits per heavy atom. The molecule has 0 aromatic heterocycles. The van der Waals surface area contributed by atoms with E-state index in [1.807, 2.05) is 5.32 Å². The number of primary amides is 1. The summed E-state index contributed by atoms with van der Waals surface area (Å²) in [5.41, 5.74) is 10.9. The van der Waals surface area contributed by atoms with Gasteiger partial charge in [-0.05, 0) is 11.8 Å². The molecular formula is C17H31N5O7. The van der Waals surface area contributed by atoms with Crippen LogP contribution in [0, 0.1) is 11.8 Å². The minimum atomic E-state index is -1.63. The summed E-state index contributed by atoms with van der Waals surface area (Å²) >= 11 is 0. The summed E-state index contributed by atoms with van der Waals surface area (Å²) in [6, 6.07) is -5.04. The minimum absolute atomic E-state index is 0.175. The van der Waals surface area contributed by atoms with Crippen LogP contribution in [0.1, 0.15) is 34.1 Å². The fourth-order valence-electron chi connectivity index (χ4n) is 2.22. The zero-order valence-electron chi connectivity index (χ0n) is 17.0. The molecule has 0 aliphatic heterocycles. The topological polar surface area (TPSA) is 214 Å². The van der Waals surface area contributed by atoms with Crippen LogP contribution in [0.5, 0.6) is 0 Å². The highest BCUT2D eigenvalue weighted by molar-refractivity contribution is 5.96. The highest BCUT2D eigenvalue weighted by Crippen LogP contribution is 2.06. The van der Waals surface area contributed by atoms with E-state index in [1.54, 1.807) is 27.7 Å². The quantitative estimate of drug-likeness (QED) is 0.174. The van der Waals surface area contributed by atoms with E-state index in [4.69, 9.17) is 21.7 Å². The fraction of sp³-hybridized carbons (Fsp3) is 0.706. The lowest BCUT2D eigenvalue weighted by Crippen LogP contribution is -2.59. The molecule has 0 fully saturated rings. The maximum Gasteiger partial charge on any atom is 0.328 e. The standard InChI is InChI=1S/C17H31N5O7/c1-7(2)12(19)15(26)22-13(8(3)4)16(27)20-9(5-11(18)24)14(25)21-10(6-23)17(28)29/h7-10,12-13,23H,5-6,19H2,1-4H3,(H2,18,24)(H,20,27)(H,21,25)(H,22,26)(H,28,29)/t9-,10-,12-,13-/m0/s1. The smallest absolute Gasteiger partial charge is 0.328 e. The Morgan fingerprint density at radius 1 is 0.828 bits per heavy atom. The number of rotatable bonds is 12. The average Bonchev–Trinajstić information content (AvgIpc) is 2.61. The van der Waals surface area contributed by atoms with E-state index in [0.29, 0.717) is 0 Å². The molecule has 0 aliphatic rings. The molecular weight excluding hydrogens is 386 g/mol. The van der Waals surface area contributed by atoms with Crippen LogP contribution in [0.4, 0.5) is 0 Å². The van der Waals surface area contributed by atoms with Crippen LogP contribution in [-0.4, -0.2) is 70.6 Å². The summed E-state index contributed by atoms with van der Waals surface area (Å²) in [6.07, 6.45) is -0.611. The molecule has 0 heterocycles. The Balaban J connectivity index is 5.38. The first-order valence-electron chi connectivity index (χ1n) is 9.10. The van der Waals surface area contributed by atoms with Crippen molar-refractivity contribution in [3.05, 3.63) is 0 Å². The van der Waals surface area contributed by atoms with Crippen molar-refractivity contribution in [1.29, 1.82) is 0 Å². The molecule has 4 atom stereocenters. The van der Waals surface area contributed by atoms with Gasteiger partial charge in [-0.15, -0.1) is 0 Å². The Labute approximate surface area is 168 Å². The molecule has 29 heavy (non-hydrogen) atoms. The summed E-state index contributed by atoms with van der Waals surface area (Å²) in [7, 11) is 0. The molecule has 0 saturated heterocycles. The van der Waals surface area contributed by atoms with Gasteiger partial charge in [-0.3, -0.25) is 19.2 Å². The van der Waals surface area contributed by atoms with Crippen molar-refractivity contribution < 1.29 is 34.2 Å². The van der Waals surface area contributed by atoms with Crippen molar-refractivity contribution in [1.82, 2.24) is 16.0 Å². The van der Waals surface area contributed by atoms with Gasteiger partial charge in [0.15, 0.2) is 0 Å². The molecule has 0 aromatic rings. The number of aliphatic hydroxyl groups is 1. The van der Waals surface area contributed by atoms with Crippen LogP contribution < -0.4 is 27.4 Å². The minimum Gasteiger partial charge on any atom is -0.480 e. The lowest BCUT2D eigenvalue weighted by molar-refractivity contribution is -0.143. The van der Waals surface area contributed by atoms with Crippen LogP contribution in [0.15, 0.2) is 0 Å². The van der Waals surface area contributed by atoms with Gasteiger partial charge in [-0.25, -0.2) is 4.79 Å². The third-order valence-electron chi connectivity index (χ3n) is 4.10. The van der Waals surface area contributed by atoms with E-state index >= 15 is 0 Å². The predicted molar refractivity (Wildman–Crippen MR) is 102 cm³/mol. The van der Waals surface area contributed by atoms with E-state index in [0.717, 1.165) is 0 Å². The van der Waals surface area contributed by atoms with Crippen LogP contribution in [0.3, 0.4) is 0 Å². The Morgan fingerprint density at radius 2 is 1.34 bits per heavy atom. The number of nitrogens with one attached hydrogen (secondary N) is 3. The van der Waals surface area contributed by atoms with Crippen molar-refractivity contribution in [2.45, 2.75) is 58.3 Å². The number of carbonyl (C=O) groups is 5. The van der Waals surface area contributed by atoms with Gasteiger partial charge in [0.2, 0.25) is 23.6 Å². The van der Waals surface area contributed by atoms with Crippen molar-refractivity contribution in [2.75, 3.05) is 6.61 Å². The van der Waals surface area contributed by atoms with Crippen LogP contribution in [-0.2, 0) is 24.0 Å². The molecule has 0 spiro atoms. The maximum absolute atomic E-state index is 12.6. The normalized spacial score (nSPS) is 15.2. The highest BCUT2D eigenvalue weighted by Gasteiger charge is 2.32. The number of carboxylic acids is 1. The molecule has 166 valence electrons. The summed E-state index contributed by atoms with van der Waals surface area (Å²) in [6.45, 7) is 5.89. The first-order chi connectivity index (χ1) is 13.3. The van der Waals surface area contributed by atoms with E-state index in [-0.39, 0.29) is 11.8 Å². The Kier molecular flexibility index (Phi) is 10.8. The van der Waals surface area contributed by atoms with E-state index in [9.17, 15) is 24.0 Å². The number of aliphatic hydroxyl groups excluding tert-OH is 1. The van der Waals surface area contributed by atoms with Crippen molar-refractivity contribution in [3.63, 3.8) is 0 Å². The van der Waals surface area contributed by atoms with Crippen molar-refractivity contribution >= 4 is 29.6 Å². The SMILES string of the molecule is CC(C)[C@H](N)C(=O)N[C@H](C(=O)N[C@@H](CC(N)=O)C(=O)N[C@@H](CO)C(=O)O)C(C)C. The first kappa shape index (κ1) is 26.3. The molecule has 12 heteroatoms. The van der Waals surface area contributed by atoms with Gasteiger partial charge < -0.3 is 37.6 Å². The molecule has 12 nitrogen and oxygen atoms in total. The fourth-order valence-corrected chi connectivity index (χ4v) is 2.22. The van der Waals surface area contributed by atoms with Crippen molar-refractivity contribution in [2.24, 2.45) is 23.3 Å². The molecule has 0 aromatic carbocycles. The number of hydrogen-bond donors (Lipinski definition) is 7. The highest BCUT2D eigenvalue weighted by atomic mass is 16.4. The molecule has 0 radical (unpaired) electrons. The first-order valence-corrected chi connectivity index (χ1v) is 9.10. The number of carbonyl (C=O) groups excluding carboxylic acids is 4. The molecule has 0 aliphatic carbocycles. The molecule has 4 amide bonds. The lowest BCUT2D eigenvalue weighted by atomic mass is 9.99. The number of nitrogens with two attached hydrogens (primary N) is 2. The lowest BCUT2D eigenvalue weighted by Gasteiger charge is -2.27. The Hall–Kier alpha value is -2.73. The Bertz CT molecular complexity index is 623. The average molecular weight is 417 g/mol. The van der Waals surface area contributed by atoms with Gasteiger partial charge in [0.1, 0.15) is 18.1 Å². The second-order valence-electron chi connectivity index (χ2n) is 7.31. The summed E-state index contributed by atoms with van der Waals surface area (Å²) in [4.78, 5) is 59.3. The van der Waals surface area contributed by atoms with Crippen molar-refractivity contribution in [3.8, 4) is 0 Å². The van der Waals surface area contributed by atoms with Gasteiger partial charge in [0.25, 0.3) is 0 Å². The van der Waals surface area contributed by atoms with Crippen LogP contribution >= 0.6 is 0 Å². The molecule has 0 bridgehead atoms. The van der Waals surface area contributed by atoms with E-state index in [2.05, 4.69) is 10.6 Å². The monoisotopic (exact) mass is 417 g/mol. The third-order valence-corrected chi connectivity index (χ3v) is 4.10. The number of aliphatic carboxylic acids is 1. The largest absolute Gasteiger partial charge is 0.480 e. The van der Waals surface area contributed by atoms with Gasteiger partial charge in [-0.1, -0.05) is 27.7 Å². The van der Waals surface area contributed by atoms with E-state index in [1.165, 1.54) is 0 Å². The third kappa shape index (κ3) is 8.87. The predicted octanol–water partition coefficient (Wildman–Crippen LogP) is -2.97. The van der Waals surface area contributed by atoms with Crippen LogP contribution in [0.2, 0.25) is 0 Å². The summed E-state index contributed by atoms with van der Waals surface area (Å²) < 4.78 is 0. The molecule has 9 N–H and O–H groups in total.